The third-order valence-electron chi connectivity index (χ3n) is 3.95. The number of benzene rings is 1. The fraction of sp³-hybridized carbons (Fsp3) is 0.278. The van der Waals surface area contributed by atoms with Crippen molar-refractivity contribution in [3.8, 4) is 0 Å². The zero-order valence-corrected chi connectivity index (χ0v) is 15.3. The highest BCUT2D eigenvalue weighted by atomic mass is 35.5. The van der Waals surface area contributed by atoms with Gasteiger partial charge in [-0.05, 0) is 38.0 Å². The Balaban J connectivity index is 0.000000192. The maximum atomic E-state index is 12.1. The number of halogens is 2. The van der Waals surface area contributed by atoms with E-state index in [1.165, 1.54) is 12.1 Å². The van der Waals surface area contributed by atoms with Crippen LogP contribution in [0.4, 0.5) is 4.39 Å². The number of carbonyl (C=O) groups excluding carboxylic acids is 1. The summed E-state index contributed by atoms with van der Waals surface area (Å²) in [5, 5.41) is 3.34. The predicted octanol–water partition coefficient (Wildman–Crippen LogP) is 4.32. The van der Waals surface area contributed by atoms with Crippen molar-refractivity contribution in [3.63, 3.8) is 0 Å². The van der Waals surface area contributed by atoms with Crippen LogP contribution in [0.25, 0.3) is 0 Å². The van der Waals surface area contributed by atoms with E-state index in [1.807, 2.05) is 5.38 Å². The number of rotatable bonds is 2. The van der Waals surface area contributed by atoms with Crippen LogP contribution in [-0.2, 0) is 4.79 Å². The van der Waals surface area contributed by atoms with Gasteiger partial charge in [0.25, 0.3) is 0 Å². The van der Waals surface area contributed by atoms with Gasteiger partial charge in [-0.3, -0.25) is 9.79 Å². The minimum absolute atomic E-state index is 0.147. The quantitative estimate of drug-likeness (QED) is 0.782. The molecule has 0 aliphatic carbocycles. The fourth-order valence-corrected chi connectivity index (χ4v) is 3.67. The maximum Gasteiger partial charge on any atom is 0.165 e. The van der Waals surface area contributed by atoms with Crippen LogP contribution in [0.2, 0.25) is 5.02 Å². The molecular weight excluding hydrogens is 361 g/mol. The van der Waals surface area contributed by atoms with Crippen molar-refractivity contribution in [2.45, 2.75) is 19.8 Å². The number of hydrogen-bond donors (Lipinski definition) is 0. The summed E-state index contributed by atoms with van der Waals surface area (Å²) < 4.78 is 12.1. The topological polar surface area (TPSA) is 45.6 Å². The zero-order valence-electron chi connectivity index (χ0n) is 13.7. The standard InChI is InChI=1S/C12H13N3OS.C6H4ClF/c1-8(16)9-7-14-11(12-13-4-6-17-12)15-5-2-3-10(9)15;7-5-2-1-3-6(8)4-5/h4,6H,2-3,5,7H2,1H3;1-4H. The van der Waals surface area contributed by atoms with Crippen molar-refractivity contribution in [3.05, 3.63) is 63.0 Å². The average Bonchev–Trinajstić information content (AvgIpc) is 3.26. The second-order valence-electron chi connectivity index (χ2n) is 5.65. The van der Waals surface area contributed by atoms with Gasteiger partial charge < -0.3 is 4.90 Å². The van der Waals surface area contributed by atoms with Crippen LogP contribution in [0.3, 0.4) is 0 Å². The molecule has 1 aromatic carbocycles. The molecule has 1 fully saturated rings. The van der Waals surface area contributed by atoms with Crippen LogP contribution in [0.1, 0.15) is 24.8 Å². The van der Waals surface area contributed by atoms with Crippen LogP contribution in [-0.4, -0.2) is 34.6 Å². The lowest BCUT2D eigenvalue weighted by Gasteiger charge is -2.26. The molecule has 0 spiro atoms. The molecule has 0 atom stereocenters. The molecule has 2 aliphatic heterocycles. The number of fused-ring (bicyclic) bond motifs is 1. The van der Waals surface area contributed by atoms with Crippen molar-refractivity contribution in [2.75, 3.05) is 13.1 Å². The lowest BCUT2D eigenvalue weighted by Crippen LogP contribution is -2.33. The van der Waals surface area contributed by atoms with E-state index in [4.69, 9.17) is 11.6 Å². The molecule has 1 aromatic heterocycles. The fourth-order valence-electron chi connectivity index (χ4n) is 2.84. The summed E-state index contributed by atoms with van der Waals surface area (Å²) in [6.45, 7) is 3.09. The minimum Gasteiger partial charge on any atom is -0.327 e. The number of thiazole rings is 1. The summed E-state index contributed by atoms with van der Waals surface area (Å²) in [5.74, 6) is 0.795. The van der Waals surface area contributed by atoms with Gasteiger partial charge in [-0.1, -0.05) is 17.7 Å². The summed E-state index contributed by atoms with van der Waals surface area (Å²) in [5.41, 5.74) is 2.04. The highest BCUT2D eigenvalue weighted by Gasteiger charge is 2.31. The van der Waals surface area contributed by atoms with Gasteiger partial charge in [-0.2, -0.15) is 0 Å². The lowest BCUT2D eigenvalue weighted by molar-refractivity contribution is -0.113. The van der Waals surface area contributed by atoms with Crippen molar-refractivity contribution >= 4 is 34.6 Å². The molecule has 0 saturated carbocycles. The number of hydrogen-bond acceptors (Lipinski definition) is 5. The number of carbonyl (C=O) groups is 1. The Morgan fingerprint density at radius 3 is 2.84 bits per heavy atom. The number of ketones is 1. The van der Waals surface area contributed by atoms with E-state index in [1.54, 1.807) is 36.6 Å². The number of allylic oxidation sites excluding steroid dienone is 1. The first kappa shape index (κ1) is 17.8. The first-order chi connectivity index (χ1) is 12.1. The van der Waals surface area contributed by atoms with E-state index < -0.39 is 0 Å². The number of aromatic nitrogens is 1. The van der Waals surface area contributed by atoms with Crippen molar-refractivity contribution in [2.24, 2.45) is 4.99 Å². The third-order valence-corrected chi connectivity index (χ3v) is 4.95. The Kier molecular flexibility index (Phi) is 5.60. The van der Waals surface area contributed by atoms with Gasteiger partial charge in [0, 0.05) is 34.4 Å². The van der Waals surface area contributed by atoms with Gasteiger partial charge in [-0.15, -0.1) is 11.3 Å². The summed E-state index contributed by atoms with van der Waals surface area (Å²) >= 11 is 7.00. The van der Waals surface area contributed by atoms with Crippen molar-refractivity contribution < 1.29 is 9.18 Å². The molecular formula is C18H17ClFN3OS. The molecule has 3 heterocycles. The molecule has 4 rings (SSSR count). The van der Waals surface area contributed by atoms with Gasteiger partial charge in [-0.25, -0.2) is 9.37 Å². The number of Topliss-reactive ketones (excluding diaryl/α,β-unsaturated/α-hetero) is 1. The third kappa shape index (κ3) is 4.14. The predicted molar refractivity (Wildman–Crippen MR) is 98.6 cm³/mol. The molecule has 25 heavy (non-hydrogen) atoms. The first-order valence-electron chi connectivity index (χ1n) is 7.92. The molecule has 4 nitrogen and oxygen atoms in total. The van der Waals surface area contributed by atoms with Gasteiger partial charge in [0.15, 0.2) is 16.6 Å². The number of aliphatic imine (C=N–C) groups is 1. The SMILES string of the molecule is CC(=O)C1=C2CCCN2C(c2nccs2)=NC1.Fc1cccc(Cl)c1. The monoisotopic (exact) mass is 377 g/mol. The molecule has 1 saturated heterocycles. The average molecular weight is 378 g/mol. The number of nitrogens with zero attached hydrogens (tertiary/aromatic N) is 3. The molecule has 0 radical (unpaired) electrons. The van der Waals surface area contributed by atoms with Crippen LogP contribution >= 0.6 is 22.9 Å². The Labute approximate surface area is 154 Å². The summed E-state index contributed by atoms with van der Waals surface area (Å²) in [6, 6.07) is 5.82. The van der Waals surface area contributed by atoms with E-state index in [2.05, 4.69) is 14.9 Å². The normalized spacial score (nSPS) is 16.1. The van der Waals surface area contributed by atoms with Gasteiger partial charge in [0.1, 0.15) is 5.82 Å². The summed E-state index contributed by atoms with van der Waals surface area (Å²) in [7, 11) is 0. The van der Waals surface area contributed by atoms with Crippen LogP contribution in [0.5, 0.6) is 0 Å². The summed E-state index contributed by atoms with van der Waals surface area (Å²) in [6.07, 6.45) is 3.87. The molecule has 0 bridgehead atoms. The Morgan fingerprint density at radius 1 is 1.40 bits per heavy atom. The maximum absolute atomic E-state index is 12.1. The minimum atomic E-state index is -0.294. The molecule has 2 aliphatic rings. The Morgan fingerprint density at radius 2 is 2.24 bits per heavy atom. The molecule has 2 aromatic rings. The molecule has 0 N–H and O–H groups in total. The Bertz CT molecular complexity index is 815. The van der Waals surface area contributed by atoms with Crippen LogP contribution in [0.15, 0.2) is 52.1 Å². The van der Waals surface area contributed by atoms with E-state index in [0.717, 1.165) is 41.5 Å². The molecule has 130 valence electrons. The van der Waals surface area contributed by atoms with Crippen LogP contribution < -0.4 is 0 Å². The second kappa shape index (κ2) is 7.89. The second-order valence-corrected chi connectivity index (χ2v) is 6.98. The molecule has 0 unspecified atom stereocenters. The van der Waals surface area contributed by atoms with E-state index in [-0.39, 0.29) is 11.6 Å². The van der Waals surface area contributed by atoms with Crippen LogP contribution in [0, 0.1) is 5.82 Å². The molecule has 0 amide bonds. The van der Waals surface area contributed by atoms with Crippen molar-refractivity contribution in [1.29, 1.82) is 0 Å². The first-order valence-corrected chi connectivity index (χ1v) is 9.18. The Hall–Kier alpha value is -2.05. The molecule has 7 heteroatoms. The zero-order chi connectivity index (χ0) is 17.8. The highest BCUT2D eigenvalue weighted by Crippen LogP contribution is 2.30. The van der Waals surface area contributed by atoms with Gasteiger partial charge in [0.2, 0.25) is 0 Å². The van der Waals surface area contributed by atoms with Gasteiger partial charge in [0.05, 0.1) is 6.54 Å². The summed E-state index contributed by atoms with van der Waals surface area (Å²) in [4.78, 5) is 22.6. The van der Waals surface area contributed by atoms with Crippen molar-refractivity contribution in [1.82, 2.24) is 9.88 Å². The number of amidine groups is 1. The lowest BCUT2D eigenvalue weighted by atomic mass is 10.1. The van der Waals surface area contributed by atoms with E-state index in [0.29, 0.717) is 11.6 Å². The van der Waals surface area contributed by atoms with E-state index in [9.17, 15) is 9.18 Å². The smallest absolute Gasteiger partial charge is 0.165 e. The van der Waals surface area contributed by atoms with E-state index >= 15 is 0 Å². The largest absolute Gasteiger partial charge is 0.327 e. The van der Waals surface area contributed by atoms with Gasteiger partial charge >= 0.3 is 0 Å². The highest BCUT2D eigenvalue weighted by molar-refractivity contribution is 7.11.